The Morgan fingerprint density at radius 3 is 2.70 bits per heavy atom. The molecular formula is C17H26N2O. The molecule has 0 radical (unpaired) electrons. The number of nitrogens with one attached hydrogen (secondary N) is 1. The topological polar surface area (TPSA) is 35.5 Å². The second-order valence-corrected chi connectivity index (χ2v) is 6.19. The zero-order chi connectivity index (χ0) is 13.9. The van der Waals surface area contributed by atoms with Crippen molar-refractivity contribution in [1.29, 1.82) is 0 Å². The molecule has 3 rings (SSSR count). The maximum absolute atomic E-state index is 10.6. The van der Waals surface area contributed by atoms with Gasteiger partial charge in [-0.1, -0.05) is 38.0 Å². The van der Waals surface area contributed by atoms with Crippen molar-refractivity contribution in [3.8, 4) is 5.75 Å². The largest absolute Gasteiger partial charge is 0.507 e. The monoisotopic (exact) mass is 274 g/mol. The van der Waals surface area contributed by atoms with Gasteiger partial charge in [-0.3, -0.25) is 4.90 Å². The number of rotatable bonds is 5. The molecule has 2 N–H and O–H groups in total. The van der Waals surface area contributed by atoms with Gasteiger partial charge in [0, 0.05) is 37.8 Å². The van der Waals surface area contributed by atoms with E-state index in [9.17, 15) is 5.11 Å². The van der Waals surface area contributed by atoms with Crippen LogP contribution >= 0.6 is 0 Å². The summed E-state index contributed by atoms with van der Waals surface area (Å²) in [5.41, 5.74) is 2.23. The lowest BCUT2D eigenvalue weighted by Crippen LogP contribution is -2.45. The third kappa shape index (κ3) is 2.99. The van der Waals surface area contributed by atoms with Crippen LogP contribution in [0.15, 0.2) is 18.2 Å². The predicted molar refractivity (Wildman–Crippen MR) is 82.0 cm³/mol. The molecule has 110 valence electrons. The number of benzene rings is 1. The molecule has 0 unspecified atom stereocenters. The van der Waals surface area contributed by atoms with E-state index in [1.165, 1.54) is 19.3 Å². The van der Waals surface area contributed by atoms with Crippen molar-refractivity contribution < 1.29 is 5.11 Å². The van der Waals surface area contributed by atoms with Crippen LogP contribution in [-0.4, -0.2) is 36.2 Å². The van der Waals surface area contributed by atoms with Crippen LogP contribution in [0.5, 0.6) is 5.75 Å². The lowest BCUT2D eigenvalue weighted by Gasteiger charge is -2.36. The highest BCUT2D eigenvalue weighted by molar-refractivity contribution is 5.42. The molecule has 1 aromatic rings. The molecule has 1 aromatic carbocycles. The van der Waals surface area contributed by atoms with Gasteiger partial charge in [-0.2, -0.15) is 0 Å². The molecule has 1 aliphatic carbocycles. The van der Waals surface area contributed by atoms with E-state index in [0.717, 1.165) is 49.6 Å². The molecule has 1 saturated carbocycles. The molecule has 0 aromatic heterocycles. The van der Waals surface area contributed by atoms with Crippen molar-refractivity contribution in [2.24, 2.45) is 5.92 Å². The fourth-order valence-electron chi connectivity index (χ4n) is 3.30. The van der Waals surface area contributed by atoms with Gasteiger partial charge in [0.05, 0.1) is 0 Å². The van der Waals surface area contributed by atoms with Gasteiger partial charge in [-0.25, -0.2) is 0 Å². The summed E-state index contributed by atoms with van der Waals surface area (Å²) in [6, 6.07) is 6.68. The second kappa shape index (κ2) is 6.15. The normalized spacial score (nSPS) is 21.9. The SMILES string of the molecule is CCc1cccc([C@H](CC2CC2)N2CCNCC2)c1O. The Morgan fingerprint density at radius 1 is 1.30 bits per heavy atom. The number of nitrogens with zero attached hydrogens (tertiary/aromatic N) is 1. The van der Waals surface area contributed by atoms with Gasteiger partial charge < -0.3 is 10.4 Å². The summed E-state index contributed by atoms with van der Waals surface area (Å²) in [6.45, 7) is 6.42. The number of phenolic OH excluding ortho intramolecular Hbond substituents is 1. The average Bonchev–Trinajstić information content (AvgIpc) is 3.30. The highest BCUT2D eigenvalue weighted by Crippen LogP contribution is 2.42. The zero-order valence-electron chi connectivity index (χ0n) is 12.4. The van der Waals surface area contributed by atoms with Crippen LogP contribution in [0.4, 0.5) is 0 Å². The van der Waals surface area contributed by atoms with E-state index in [2.05, 4.69) is 29.3 Å². The van der Waals surface area contributed by atoms with E-state index in [4.69, 9.17) is 0 Å². The third-order valence-corrected chi connectivity index (χ3v) is 4.74. The number of hydrogen-bond donors (Lipinski definition) is 2. The minimum absolute atomic E-state index is 0.399. The van der Waals surface area contributed by atoms with E-state index in [1.807, 2.05) is 6.07 Å². The Hall–Kier alpha value is -1.06. The first-order valence-electron chi connectivity index (χ1n) is 8.05. The summed E-state index contributed by atoms with van der Waals surface area (Å²) in [4.78, 5) is 2.56. The van der Waals surface area contributed by atoms with Crippen molar-refractivity contribution in [1.82, 2.24) is 10.2 Å². The average molecular weight is 274 g/mol. The number of hydrogen-bond acceptors (Lipinski definition) is 3. The molecule has 0 amide bonds. The summed E-state index contributed by atoms with van der Waals surface area (Å²) < 4.78 is 0. The van der Waals surface area contributed by atoms with E-state index >= 15 is 0 Å². The molecule has 1 heterocycles. The van der Waals surface area contributed by atoms with Crippen LogP contribution in [0.25, 0.3) is 0 Å². The lowest BCUT2D eigenvalue weighted by atomic mass is 9.95. The zero-order valence-corrected chi connectivity index (χ0v) is 12.4. The Labute approximate surface area is 122 Å². The van der Waals surface area contributed by atoms with Gasteiger partial charge in [0.2, 0.25) is 0 Å². The Morgan fingerprint density at radius 2 is 2.05 bits per heavy atom. The van der Waals surface area contributed by atoms with E-state index in [-0.39, 0.29) is 0 Å². The summed E-state index contributed by atoms with van der Waals surface area (Å²) in [6.07, 6.45) is 4.85. The van der Waals surface area contributed by atoms with Crippen LogP contribution in [0.2, 0.25) is 0 Å². The molecular weight excluding hydrogens is 248 g/mol. The van der Waals surface area contributed by atoms with E-state index in [0.29, 0.717) is 11.8 Å². The molecule has 0 spiro atoms. The molecule has 2 fully saturated rings. The first-order valence-corrected chi connectivity index (χ1v) is 8.05. The van der Waals surface area contributed by atoms with Crippen molar-refractivity contribution in [2.75, 3.05) is 26.2 Å². The van der Waals surface area contributed by atoms with Crippen molar-refractivity contribution in [3.63, 3.8) is 0 Å². The summed E-state index contributed by atoms with van der Waals surface area (Å²) in [5, 5.41) is 14.0. The van der Waals surface area contributed by atoms with Gasteiger partial charge in [0.15, 0.2) is 0 Å². The molecule has 3 nitrogen and oxygen atoms in total. The minimum atomic E-state index is 0.399. The van der Waals surface area contributed by atoms with Crippen LogP contribution in [0.3, 0.4) is 0 Å². The van der Waals surface area contributed by atoms with Gasteiger partial charge >= 0.3 is 0 Å². The molecule has 2 aliphatic rings. The Kier molecular flexibility index (Phi) is 4.27. The summed E-state index contributed by atoms with van der Waals surface area (Å²) in [5.74, 6) is 1.42. The van der Waals surface area contributed by atoms with E-state index < -0.39 is 0 Å². The molecule has 1 atom stereocenters. The maximum Gasteiger partial charge on any atom is 0.123 e. The van der Waals surface area contributed by atoms with Crippen molar-refractivity contribution >= 4 is 0 Å². The highest BCUT2D eigenvalue weighted by atomic mass is 16.3. The smallest absolute Gasteiger partial charge is 0.123 e. The van der Waals surface area contributed by atoms with E-state index in [1.54, 1.807) is 0 Å². The molecule has 20 heavy (non-hydrogen) atoms. The summed E-state index contributed by atoms with van der Waals surface area (Å²) >= 11 is 0. The number of aryl methyl sites for hydroxylation is 1. The number of para-hydroxylation sites is 1. The first kappa shape index (κ1) is 13.9. The predicted octanol–water partition coefficient (Wildman–Crippen LogP) is 2.70. The first-order chi connectivity index (χ1) is 9.79. The molecule has 1 aliphatic heterocycles. The standard InChI is InChI=1S/C17H26N2O/c1-2-14-4-3-5-15(17(14)20)16(12-13-6-7-13)19-10-8-18-9-11-19/h3-5,13,16,18,20H,2,6-12H2,1H3/t16-/m0/s1. The lowest BCUT2D eigenvalue weighted by molar-refractivity contribution is 0.158. The Balaban J connectivity index is 1.87. The van der Waals surface area contributed by atoms with Crippen LogP contribution in [0, 0.1) is 5.92 Å². The third-order valence-electron chi connectivity index (χ3n) is 4.74. The van der Waals surface area contributed by atoms with Gasteiger partial charge in [0.25, 0.3) is 0 Å². The molecule has 3 heteroatoms. The molecule has 0 bridgehead atoms. The number of aromatic hydroxyl groups is 1. The fourth-order valence-corrected chi connectivity index (χ4v) is 3.30. The summed E-state index contributed by atoms with van der Waals surface area (Å²) in [7, 11) is 0. The van der Waals surface area contributed by atoms with Crippen LogP contribution in [-0.2, 0) is 6.42 Å². The quantitative estimate of drug-likeness (QED) is 0.866. The molecule has 1 saturated heterocycles. The Bertz CT molecular complexity index is 450. The van der Waals surface area contributed by atoms with Crippen molar-refractivity contribution in [2.45, 2.75) is 38.6 Å². The van der Waals surface area contributed by atoms with Crippen LogP contribution in [0.1, 0.15) is 43.4 Å². The van der Waals surface area contributed by atoms with Crippen LogP contribution < -0.4 is 5.32 Å². The maximum atomic E-state index is 10.6. The number of phenols is 1. The second-order valence-electron chi connectivity index (χ2n) is 6.19. The fraction of sp³-hybridized carbons (Fsp3) is 0.647. The number of piperazine rings is 1. The van der Waals surface area contributed by atoms with Gasteiger partial charge in [-0.05, 0) is 24.3 Å². The van der Waals surface area contributed by atoms with Gasteiger partial charge in [0.1, 0.15) is 5.75 Å². The minimum Gasteiger partial charge on any atom is -0.507 e. The van der Waals surface area contributed by atoms with Crippen molar-refractivity contribution in [3.05, 3.63) is 29.3 Å². The van der Waals surface area contributed by atoms with Gasteiger partial charge in [-0.15, -0.1) is 0 Å². The highest BCUT2D eigenvalue weighted by Gasteiger charge is 2.31.